The van der Waals surface area contributed by atoms with E-state index in [4.69, 9.17) is 4.98 Å². The molecule has 0 bridgehead atoms. The summed E-state index contributed by atoms with van der Waals surface area (Å²) in [5, 5.41) is 5.14. The molecule has 3 heterocycles. The number of amides is 1. The van der Waals surface area contributed by atoms with Gasteiger partial charge in [-0.2, -0.15) is 0 Å². The van der Waals surface area contributed by atoms with Crippen LogP contribution in [0, 0.1) is 5.92 Å². The molecule has 1 aliphatic heterocycles. The van der Waals surface area contributed by atoms with Crippen molar-refractivity contribution in [3.8, 4) is 0 Å². The quantitative estimate of drug-likeness (QED) is 0.440. The topological polar surface area (TPSA) is 67.2 Å². The Labute approximate surface area is 202 Å². The minimum Gasteiger partial charge on any atom is -0.355 e. The minimum absolute atomic E-state index is 0.0617. The molecule has 0 spiro atoms. The molecule has 34 heavy (non-hydrogen) atoms. The monoisotopic (exact) mass is 472 g/mol. The summed E-state index contributed by atoms with van der Waals surface area (Å²) in [6.45, 7) is 2.35. The lowest BCUT2D eigenvalue weighted by Crippen LogP contribution is -2.46. The van der Waals surface area contributed by atoms with Crippen LogP contribution < -0.4 is 15.8 Å². The summed E-state index contributed by atoms with van der Waals surface area (Å²) < 4.78 is 1.80. The third-order valence-corrected chi connectivity index (χ3v) is 7.30. The van der Waals surface area contributed by atoms with Crippen LogP contribution in [0.25, 0.3) is 11.0 Å². The van der Waals surface area contributed by atoms with Crippen LogP contribution in [0.2, 0.25) is 0 Å². The van der Waals surface area contributed by atoms with E-state index < -0.39 is 0 Å². The van der Waals surface area contributed by atoms with E-state index in [-0.39, 0.29) is 17.4 Å². The highest BCUT2D eigenvalue weighted by Gasteiger charge is 2.28. The number of piperidine rings is 1. The second kappa shape index (κ2) is 10.2. The van der Waals surface area contributed by atoms with Crippen LogP contribution in [-0.4, -0.2) is 35.1 Å². The Hall–Kier alpha value is -3.45. The largest absolute Gasteiger partial charge is 0.355 e. The van der Waals surface area contributed by atoms with E-state index in [9.17, 15) is 9.59 Å². The SMILES string of the molecule is O=C(NCCc1cccs1)[C@@H]1CCCN(c2nc3ccccc3n(Cc3ccccc3)c2=O)C1. The normalized spacial score (nSPS) is 16.0. The fourth-order valence-electron chi connectivity index (χ4n) is 4.60. The first kappa shape index (κ1) is 22.3. The summed E-state index contributed by atoms with van der Waals surface area (Å²) >= 11 is 1.71. The number of benzene rings is 2. The van der Waals surface area contributed by atoms with Gasteiger partial charge in [0.25, 0.3) is 5.56 Å². The summed E-state index contributed by atoms with van der Waals surface area (Å²) in [7, 11) is 0. The first-order valence-electron chi connectivity index (χ1n) is 11.8. The van der Waals surface area contributed by atoms with Crippen molar-refractivity contribution < 1.29 is 4.79 Å². The van der Waals surface area contributed by atoms with Crippen molar-refractivity contribution in [1.82, 2.24) is 14.9 Å². The van der Waals surface area contributed by atoms with Gasteiger partial charge in [-0.15, -0.1) is 11.3 Å². The fraction of sp³-hybridized carbons (Fsp3) is 0.296. The lowest BCUT2D eigenvalue weighted by atomic mass is 9.97. The molecule has 7 heteroatoms. The van der Waals surface area contributed by atoms with Crippen molar-refractivity contribution in [2.45, 2.75) is 25.8 Å². The molecule has 1 fully saturated rings. The van der Waals surface area contributed by atoms with Crippen LogP contribution in [-0.2, 0) is 17.8 Å². The number of para-hydroxylation sites is 2. The average Bonchev–Trinajstić information content (AvgIpc) is 3.40. The summed E-state index contributed by atoms with van der Waals surface area (Å²) in [6.07, 6.45) is 2.53. The maximum Gasteiger partial charge on any atom is 0.294 e. The number of carbonyl (C=O) groups excluding carboxylic acids is 1. The highest BCUT2D eigenvalue weighted by atomic mass is 32.1. The van der Waals surface area contributed by atoms with Crippen molar-refractivity contribution in [3.05, 3.63) is 92.9 Å². The molecule has 0 saturated carbocycles. The average molecular weight is 473 g/mol. The molecule has 6 nitrogen and oxygen atoms in total. The highest BCUT2D eigenvalue weighted by Crippen LogP contribution is 2.22. The zero-order valence-electron chi connectivity index (χ0n) is 19.0. The molecule has 1 N–H and O–H groups in total. The number of carbonyl (C=O) groups is 1. The van der Waals surface area contributed by atoms with Crippen molar-refractivity contribution in [2.75, 3.05) is 24.5 Å². The van der Waals surface area contributed by atoms with Crippen molar-refractivity contribution >= 4 is 34.1 Å². The van der Waals surface area contributed by atoms with Gasteiger partial charge in [0, 0.05) is 24.5 Å². The van der Waals surface area contributed by atoms with E-state index in [1.807, 2.05) is 65.6 Å². The standard InChI is InChI=1S/C27H28N4O2S/c32-26(28-15-14-22-11-7-17-34-22)21-10-6-16-30(19-21)25-27(33)31(18-20-8-2-1-3-9-20)24-13-5-4-12-23(24)29-25/h1-5,7-9,11-13,17,21H,6,10,14-16,18-19H2,(H,28,32)/t21-/m1/s1. The lowest BCUT2D eigenvalue weighted by molar-refractivity contribution is -0.125. The Bertz CT molecular complexity index is 1320. The van der Waals surface area contributed by atoms with Gasteiger partial charge in [-0.05, 0) is 48.4 Å². The summed E-state index contributed by atoms with van der Waals surface area (Å²) in [5.74, 6) is 0.352. The second-order valence-electron chi connectivity index (χ2n) is 8.71. The highest BCUT2D eigenvalue weighted by molar-refractivity contribution is 7.09. The van der Waals surface area contributed by atoms with E-state index >= 15 is 0 Å². The number of hydrogen-bond acceptors (Lipinski definition) is 5. The molecule has 5 rings (SSSR count). The number of fused-ring (bicyclic) bond motifs is 1. The number of aromatic nitrogens is 2. The van der Waals surface area contributed by atoms with Crippen molar-refractivity contribution in [1.29, 1.82) is 0 Å². The van der Waals surface area contributed by atoms with Crippen LogP contribution in [0.3, 0.4) is 0 Å². The summed E-state index contributed by atoms with van der Waals surface area (Å²) in [6, 6.07) is 21.9. The minimum atomic E-state index is -0.146. The molecular weight excluding hydrogens is 444 g/mol. The van der Waals surface area contributed by atoms with Gasteiger partial charge in [0.15, 0.2) is 5.82 Å². The maximum absolute atomic E-state index is 13.6. The van der Waals surface area contributed by atoms with Crippen LogP contribution in [0.5, 0.6) is 0 Å². The Kier molecular flexibility index (Phi) is 6.72. The molecular formula is C27H28N4O2S. The number of nitrogens with one attached hydrogen (secondary N) is 1. The molecule has 2 aromatic heterocycles. The number of hydrogen-bond donors (Lipinski definition) is 1. The Balaban J connectivity index is 1.37. The zero-order chi connectivity index (χ0) is 23.3. The second-order valence-corrected chi connectivity index (χ2v) is 9.74. The van der Waals surface area contributed by atoms with Gasteiger partial charge in [-0.3, -0.25) is 14.2 Å². The van der Waals surface area contributed by atoms with Crippen molar-refractivity contribution in [2.24, 2.45) is 5.92 Å². The molecule has 1 atom stereocenters. The molecule has 4 aromatic rings. The van der Waals surface area contributed by atoms with Crippen LogP contribution >= 0.6 is 11.3 Å². The molecule has 0 radical (unpaired) electrons. The van der Waals surface area contributed by atoms with Crippen LogP contribution in [0.1, 0.15) is 23.3 Å². The lowest BCUT2D eigenvalue weighted by Gasteiger charge is -2.32. The smallest absolute Gasteiger partial charge is 0.294 e. The summed E-state index contributed by atoms with van der Waals surface area (Å²) in [4.78, 5) is 34.5. The number of rotatable bonds is 7. The van der Waals surface area contributed by atoms with E-state index in [0.29, 0.717) is 25.5 Å². The van der Waals surface area contributed by atoms with Gasteiger partial charge < -0.3 is 10.2 Å². The van der Waals surface area contributed by atoms with Crippen LogP contribution in [0.4, 0.5) is 5.82 Å². The zero-order valence-corrected chi connectivity index (χ0v) is 19.8. The van der Waals surface area contributed by atoms with E-state index in [0.717, 1.165) is 42.4 Å². The Morgan fingerprint density at radius 1 is 1.06 bits per heavy atom. The first-order valence-corrected chi connectivity index (χ1v) is 12.7. The number of anilines is 1. The predicted molar refractivity (Wildman–Crippen MR) is 138 cm³/mol. The van der Waals surface area contributed by atoms with E-state index in [2.05, 4.69) is 16.8 Å². The van der Waals surface area contributed by atoms with Crippen molar-refractivity contribution in [3.63, 3.8) is 0 Å². The van der Waals surface area contributed by atoms with Gasteiger partial charge in [0.2, 0.25) is 5.91 Å². The third kappa shape index (κ3) is 4.89. The fourth-order valence-corrected chi connectivity index (χ4v) is 5.31. The maximum atomic E-state index is 13.6. The number of nitrogens with zero attached hydrogens (tertiary/aromatic N) is 3. The first-order chi connectivity index (χ1) is 16.7. The molecule has 2 aromatic carbocycles. The van der Waals surface area contributed by atoms with Gasteiger partial charge >= 0.3 is 0 Å². The third-order valence-electron chi connectivity index (χ3n) is 6.36. The number of thiophene rings is 1. The van der Waals surface area contributed by atoms with Gasteiger partial charge in [-0.1, -0.05) is 48.5 Å². The molecule has 1 aliphatic rings. The van der Waals surface area contributed by atoms with Crippen LogP contribution in [0.15, 0.2) is 76.9 Å². The Morgan fingerprint density at radius 2 is 1.88 bits per heavy atom. The van der Waals surface area contributed by atoms with Gasteiger partial charge in [0.05, 0.1) is 23.5 Å². The molecule has 174 valence electrons. The molecule has 1 saturated heterocycles. The van der Waals surface area contributed by atoms with Gasteiger partial charge in [0.1, 0.15) is 0 Å². The van der Waals surface area contributed by atoms with Gasteiger partial charge in [-0.25, -0.2) is 4.98 Å². The molecule has 0 aliphatic carbocycles. The van der Waals surface area contributed by atoms with E-state index in [1.54, 1.807) is 15.9 Å². The molecule has 0 unspecified atom stereocenters. The van der Waals surface area contributed by atoms with E-state index in [1.165, 1.54) is 4.88 Å². The molecule has 1 amide bonds. The predicted octanol–water partition coefficient (Wildman–Crippen LogP) is 4.08. The Morgan fingerprint density at radius 3 is 2.71 bits per heavy atom. The summed E-state index contributed by atoms with van der Waals surface area (Å²) in [5.41, 5.74) is 2.56.